The lowest BCUT2D eigenvalue weighted by atomic mass is 10.1. The molecule has 1 amide bonds. The van der Waals surface area contributed by atoms with Gasteiger partial charge in [0.15, 0.2) is 0 Å². The predicted molar refractivity (Wildman–Crippen MR) is 75.6 cm³/mol. The van der Waals surface area contributed by atoms with Crippen LogP contribution >= 0.6 is 27.5 Å². The van der Waals surface area contributed by atoms with Crippen LogP contribution in [0, 0.1) is 5.92 Å². The Morgan fingerprint density at radius 3 is 2.71 bits per heavy atom. The summed E-state index contributed by atoms with van der Waals surface area (Å²) in [5, 5.41) is 0.623. The van der Waals surface area contributed by atoms with E-state index in [1.807, 2.05) is 7.05 Å². The summed E-state index contributed by atoms with van der Waals surface area (Å²) in [6.07, 6.45) is 1.07. The fraction of sp³-hybridized carbons (Fsp3) is 0.462. The number of benzene rings is 1. The first-order valence-electron chi connectivity index (χ1n) is 5.66. The van der Waals surface area contributed by atoms with Gasteiger partial charge in [0.2, 0.25) is 0 Å². The van der Waals surface area contributed by atoms with Crippen LogP contribution < -0.4 is 0 Å². The van der Waals surface area contributed by atoms with E-state index in [4.69, 9.17) is 11.6 Å². The molecule has 1 aromatic rings. The van der Waals surface area contributed by atoms with Crippen LogP contribution in [0.3, 0.4) is 0 Å². The molecule has 2 nitrogen and oxygen atoms in total. The third-order valence-electron chi connectivity index (χ3n) is 2.79. The van der Waals surface area contributed by atoms with Crippen molar-refractivity contribution in [2.45, 2.75) is 20.3 Å². The van der Waals surface area contributed by atoms with Gasteiger partial charge < -0.3 is 4.90 Å². The highest BCUT2D eigenvalue weighted by Crippen LogP contribution is 2.22. The Kier molecular flexibility index (Phi) is 5.47. The van der Waals surface area contributed by atoms with Crippen molar-refractivity contribution in [2.75, 3.05) is 13.6 Å². The van der Waals surface area contributed by atoms with E-state index < -0.39 is 0 Å². The van der Waals surface area contributed by atoms with Gasteiger partial charge in [-0.25, -0.2) is 0 Å². The maximum absolute atomic E-state index is 12.2. The van der Waals surface area contributed by atoms with Gasteiger partial charge in [0.1, 0.15) is 0 Å². The minimum absolute atomic E-state index is 0.0221. The summed E-state index contributed by atoms with van der Waals surface area (Å²) < 4.78 is 0.742. The molecule has 4 heteroatoms. The van der Waals surface area contributed by atoms with Crippen LogP contribution in [0.4, 0.5) is 0 Å². The first kappa shape index (κ1) is 14.5. The molecule has 1 atom stereocenters. The zero-order valence-electron chi connectivity index (χ0n) is 10.3. The van der Waals surface area contributed by atoms with Gasteiger partial charge in [-0.3, -0.25) is 4.79 Å². The third kappa shape index (κ3) is 4.00. The molecular weight excluding hydrogens is 302 g/mol. The highest BCUT2D eigenvalue weighted by atomic mass is 79.9. The van der Waals surface area contributed by atoms with Crippen LogP contribution in [0.25, 0.3) is 0 Å². The smallest absolute Gasteiger partial charge is 0.254 e. The summed E-state index contributed by atoms with van der Waals surface area (Å²) in [5.74, 6) is 0.531. The predicted octanol–water partition coefficient (Wildman–Crippen LogP) is 4.22. The summed E-state index contributed by atoms with van der Waals surface area (Å²) in [7, 11) is 1.83. The van der Waals surface area contributed by atoms with Crippen molar-refractivity contribution in [1.82, 2.24) is 4.90 Å². The van der Waals surface area contributed by atoms with Gasteiger partial charge in [-0.1, -0.05) is 31.9 Å². The van der Waals surface area contributed by atoms with Crippen LogP contribution in [0.5, 0.6) is 0 Å². The summed E-state index contributed by atoms with van der Waals surface area (Å²) >= 11 is 9.22. The number of carbonyl (C=O) groups excluding carboxylic acids is 1. The number of nitrogens with zero attached hydrogens (tertiary/aromatic N) is 1. The number of rotatable bonds is 4. The Balaban J connectivity index is 2.81. The van der Waals surface area contributed by atoms with Gasteiger partial charge in [-0.05, 0) is 40.0 Å². The Bertz CT molecular complexity index is 408. The molecular formula is C13H17BrClNO. The molecule has 1 aromatic carbocycles. The molecule has 0 aliphatic heterocycles. The lowest BCUT2D eigenvalue weighted by molar-refractivity contribution is 0.0774. The highest BCUT2D eigenvalue weighted by molar-refractivity contribution is 9.10. The lowest BCUT2D eigenvalue weighted by Crippen LogP contribution is -2.31. The van der Waals surface area contributed by atoms with Crippen LogP contribution in [-0.2, 0) is 0 Å². The van der Waals surface area contributed by atoms with E-state index in [2.05, 4.69) is 29.8 Å². The fourth-order valence-electron chi connectivity index (χ4n) is 1.55. The second kappa shape index (κ2) is 6.41. The van der Waals surface area contributed by atoms with Crippen molar-refractivity contribution in [3.05, 3.63) is 33.3 Å². The van der Waals surface area contributed by atoms with Gasteiger partial charge in [-0.15, -0.1) is 0 Å². The molecule has 0 aliphatic rings. The molecule has 0 bridgehead atoms. The number of halogens is 2. The molecule has 0 saturated heterocycles. The molecule has 0 N–H and O–H groups in total. The largest absolute Gasteiger partial charge is 0.341 e. The molecule has 1 rings (SSSR count). The molecule has 0 radical (unpaired) electrons. The van der Waals surface area contributed by atoms with Crippen molar-refractivity contribution in [3.8, 4) is 0 Å². The molecule has 0 fully saturated rings. The lowest BCUT2D eigenvalue weighted by Gasteiger charge is -2.21. The summed E-state index contributed by atoms with van der Waals surface area (Å²) in [4.78, 5) is 13.9. The maximum atomic E-state index is 12.2. The van der Waals surface area contributed by atoms with E-state index in [0.29, 0.717) is 16.5 Å². The molecule has 0 saturated carbocycles. The monoisotopic (exact) mass is 317 g/mol. The van der Waals surface area contributed by atoms with Gasteiger partial charge in [0.25, 0.3) is 5.91 Å². The van der Waals surface area contributed by atoms with Crippen LogP contribution in [-0.4, -0.2) is 24.4 Å². The van der Waals surface area contributed by atoms with Gasteiger partial charge >= 0.3 is 0 Å². The minimum Gasteiger partial charge on any atom is -0.341 e. The van der Waals surface area contributed by atoms with Crippen LogP contribution in [0.15, 0.2) is 22.7 Å². The summed E-state index contributed by atoms with van der Waals surface area (Å²) in [6, 6.07) is 5.23. The first-order valence-corrected chi connectivity index (χ1v) is 6.83. The number of amides is 1. The van der Waals surface area contributed by atoms with Crippen molar-refractivity contribution < 1.29 is 4.79 Å². The van der Waals surface area contributed by atoms with Crippen LogP contribution in [0.1, 0.15) is 30.6 Å². The Morgan fingerprint density at radius 2 is 2.18 bits per heavy atom. The maximum Gasteiger partial charge on any atom is 0.254 e. The van der Waals surface area contributed by atoms with E-state index >= 15 is 0 Å². The summed E-state index contributed by atoms with van der Waals surface area (Å²) in [6.45, 7) is 5.03. The van der Waals surface area contributed by atoms with E-state index in [0.717, 1.165) is 17.4 Å². The highest BCUT2D eigenvalue weighted by Gasteiger charge is 2.16. The topological polar surface area (TPSA) is 20.3 Å². The van der Waals surface area contributed by atoms with Gasteiger partial charge in [0.05, 0.1) is 5.56 Å². The molecule has 0 spiro atoms. The second-order valence-corrected chi connectivity index (χ2v) is 5.61. The zero-order valence-corrected chi connectivity index (χ0v) is 12.7. The molecule has 0 heterocycles. The van der Waals surface area contributed by atoms with Gasteiger partial charge in [0, 0.05) is 23.1 Å². The average molecular weight is 319 g/mol. The quantitative estimate of drug-likeness (QED) is 0.814. The summed E-state index contributed by atoms with van der Waals surface area (Å²) in [5.41, 5.74) is 0.653. The van der Waals surface area contributed by atoms with E-state index in [1.165, 1.54) is 0 Å². The number of carbonyl (C=O) groups is 1. The van der Waals surface area contributed by atoms with Crippen molar-refractivity contribution >= 4 is 33.4 Å². The SMILES string of the molecule is CCC(C)CN(C)C(=O)c1ccc(Cl)cc1Br. The molecule has 17 heavy (non-hydrogen) atoms. The van der Waals surface area contributed by atoms with E-state index in [-0.39, 0.29) is 5.91 Å². The zero-order chi connectivity index (χ0) is 13.0. The molecule has 0 aromatic heterocycles. The standard InChI is InChI=1S/C13H17BrClNO/c1-4-9(2)8-16(3)13(17)11-6-5-10(15)7-12(11)14/h5-7,9H,4,8H2,1-3H3. The van der Waals surface area contributed by atoms with Gasteiger partial charge in [-0.2, -0.15) is 0 Å². The van der Waals surface area contributed by atoms with Crippen LogP contribution in [0.2, 0.25) is 5.02 Å². The number of hydrogen-bond donors (Lipinski definition) is 0. The Labute approximate surface area is 116 Å². The molecule has 94 valence electrons. The fourth-order valence-corrected chi connectivity index (χ4v) is 2.40. The average Bonchev–Trinajstić information content (AvgIpc) is 2.28. The van der Waals surface area contributed by atoms with E-state index in [9.17, 15) is 4.79 Å². The molecule has 1 unspecified atom stereocenters. The first-order chi connectivity index (χ1) is 7.95. The third-order valence-corrected chi connectivity index (χ3v) is 3.68. The Hall–Kier alpha value is -0.540. The van der Waals surface area contributed by atoms with Crippen molar-refractivity contribution in [1.29, 1.82) is 0 Å². The molecule has 0 aliphatic carbocycles. The van der Waals surface area contributed by atoms with E-state index in [1.54, 1.807) is 23.1 Å². The normalized spacial score (nSPS) is 12.3. The second-order valence-electron chi connectivity index (χ2n) is 4.32. The minimum atomic E-state index is 0.0221. The number of hydrogen-bond acceptors (Lipinski definition) is 1. The Morgan fingerprint density at radius 1 is 1.53 bits per heavy atom. The van der Waals surface area contributed by atoms with Crippen molar-refractivity contribution in [2.24, 2.45) is 5.92 Å². The van der Waals surface area contributed by atoms with Crippen molar-refractivity contribution in [3.63, 3.8) is 0 Å².